The van der Waals surface area contributed by atoms with Crippen LogP contribution in [0.1, 0.15) is 28.7 Å². The molecule has 0 aliphatic carbocycles. The zero-order chi connectivity index (χ0) is 18.0. The Morgan fingerprint density at radius 3 is 2.64 bits per heavy atom. The van der Waals surface area contributed by atoms with Crippen molar-refractivity contribution in [3.8, 4) is 0 Å². The highest BCUT2D eigenvalue weighted by molar-refractivity contribution is 6.42. The minimum absolute atomic E-state index is 0.286. The lowest BCUT2D eigenvalue weighted by Gasteiger charge is -2.06. The van der Waals surface area contributed by atoms with Crippen LogP contribution in [0.3, 0.4) is 0 Å². The monoisotopic (exact) mass is 377 g/mol. The molecule has 2 heterocycles. The van der Waals surface area contributed by atoms with Gasteiger partial charge in [0.2, 0.25) is 0 Å². The third-order valence-electron chi connectivity index (χ3n) is 3.74. The van der Waals surface area contributed by atoms with Crippen molar-refractivity contribution in [3.05, 3.63) is 63.5 Å². The van der Waals surface area contributed by atoms with Gasteiger partial charge in [0, 0.05) is 24.5 Å². The van der Waals surface area contributed by atoms with E-state index in [1.54, 1.807) is 33.8 Å². The molecule has 3 rings (SSSR count). The van der Waals surface area contributed by atoms with Gasteiger partial charge in [-0.1, -0.05) is 29.3 Å². The summed E-state index contributed by atoms with van der Waals surface area (Å²) in [6, 6.07) is 8.95. The van der Waals surface area contributed by atoms with Crippen LogP contribution in [0.4, 0.5) is 5.82 Å². The number of nitrogens with zero attached hydrogens (tertiary/aromatic N) is 4. The topological polar surface area (TPSA) is 64.7 Å². The number of aryl methyl sites for hydroxylation is 2. The number of carbonyl (C=O) groups excluding carboxylic acids is 1. The summed E-state index contributed by atoms with van der Waals surface area (Å²) in [6.07, 6.45) is 1.77. The molecule has 0 aliphatic rings. The molecule has 0 unspecified atom stereocenters. The predicted octanol–water partition coefficient (Wildman–Crippen LogP) is 4.02. The molecule has 0 saturated heterocycles. The van der Waals surface area contributed by atoms with Gasteiger partial charge < -0.3 is 5.32 Å². The number of halogens is 2. The van der Waals surface area contributed by atoms with Gasteiger partial charge in [0.15, 0.2) is 11.5 Å². The van der Waals surface area contributed by atoms with Crippen molar-refractivity contribution in [1.29, 1.82) is 0 Å². The fraction of sp³-hybridized carbons (Fsp3) is 0.235. The smallest absolute Gasteiger partial charge is 0.277 e. The highest BCUT2D eigenvalue weighted by Crippen LogP contribution is 2.23. The zero-order valence-electron chi connectivity index (χ0n) is 13.8. The van der Waals surface area contributed by atoms with Crippen molar-refractivity contribution in [3.63, 3.8) is 0 Å². The second-order valence-corrected chi connectivity index (χ2v) is 6.40. The summed E-state index contributed by atoms with van der Waals surface area (Å²) < 4.78 is 3.49. The largest absolute Gasteiger partial charge is 0.304 e. The minimum Gasteiger partial charge on any atom is -0.304 e. The van der Waals surface area contributed by atoms with Crippen LogP contribution in [-0.4, -0.2) is 25.5 Å². The van der Waals surface area contributed by atoms with Gasteiger partial charge in [0.05, 0.1) is 16.6 Å². The van der Waals surface area contributed by atoms with Crippen LogP contribution in [0, 0.1) is 6.92 Å². The SMILES string of the molecule is CCn1ccc(C(=O)Nc2cc(C)n(Cc3ccc(Cl)c(Cl)c3)n2)n1. The van der Waals surface area contributed by atoms with Crippen LogP contribution in [0.25, 0.3) is 0 Å². The van der Waals surface area contributed by atoms with Gasteiger partial charge in [-0.15, -0.1) is 0 Å². The molecule has 8 heteroatoms. The molecule has 0 spiro atoms. The lowest BCUT2D eigenvalue weighted by Crippen LogP contribution is -2.14. The van der Waals surface area contributed by atoms with Gasteiger partial charge in [-0.25, -0.2) is 0 Å². The summed E-state index contributed by atoms with van der Waals surface area (Å²) in [5.41, 5.74) is 2.25. The van der Waals surface area contributed by atoms with Crippen LogP contribution >= 0.6 is 23.2 Å². The van der Waals surface area contributed by atoms with Crippen molar-refractivity contribution >= 4 is 34.9 Å². The summed E-state index contributed by atoms with van der Waals surface area (Å²) in [5, 5.41) is 12.4. The van der Waals surface area contributed by atoms with Gasteiger partial charge in [0.25, 0.3) is 5.91 Å². The lowest BCUT2D eigenvalue weighted by atomic mass is 10.2. The average molecular weight is 378 g/mol. The summed E-state index contributed by atoms with van der Waals surface area (Å²) in [6.45, 7) is 5.13. The molecule has 0 bridgehead atoms. The molecule has 0 aliphatic heterocycles. The van der Waals surface area contributed by atoms with E-state index in [4.69, 9.17) is 23.2 Å². The molecule has 1 amide bonds. The highest BCUT2D eigenvalue weighted by atomic mass is 35.5. The molecule has 6 nitrogen and oxygen atoms in total. The molecule has 0 fully saturated rings. The second kappa shape index (κ2) is 7.29. The van der Waals surface area contributed by atoms with Gasteiger partial charge in [-0.3, -0.25) is 14.2 Å². The summed E-state index contributed by atoms with van der Waals surface area (Å²) in [7, 11) is 0. The van der Waals surface area contributed by atoms with Crippen molar-refractivity contribution < 1.29 is 4.79 Å². The molecule has 1 aromatic carbocycles. The Labute approximate surface area is 155 Å². The number of amides is 1. The molecular formula is C17H17Cl2N5O. The van der Waals surface area contributed by atoms with E-state index in [2.05, 4.69) is 15.5 Å². The summed E-state index contributed by atoms with van der Waals surface area (Å²) in [4.78, 5) is 12.2. The Morgan fingerprint density at radius 2 is 1.96 bits per heavy atom. The van der Waals surface area contributed by atoms with E-state index in [1.165, 1.54) is 0 Å². The van der Waals surface area contributed by atoms with Crippen LogP contribution in [0.15, 0.2) is 36.5 Å². The van der Waals surface area contributed by atoms with E-state index in [1.807, 2.05) is 26.0 Å². The minimum atomic E-state index is -0.286. The number of hydrogen-bond acceptors (Lipinski definition) is 3. The normalized spacial score (nSPS) is 10.9. The fourth-order valence-corrected chi connectivity index (χ4v) is 2.70. The number of anilines is 1. The Kier molecular flexibility index (Phi) is 5.11. The number of carbonyl (C=O) groups is 1. The molecule has 0 saturated carbocycles. The summed E-state index contributed by atoms with van der Waals surface area (Å²) in [5.74, 6) is 0.194. The van der Waals surface area contributed by atoms with Crippen molar-refractivity contribution in [2.75, 3.05) is 5.32 Å². The predicted molar refractivity (Wildman–Crippen MR) is 98.4 cm³/mol. The Bertz CT molecular complexity index is 916. The first-order valence-corrected chi connectivity index (χ1v) is 8.55. The van der Waals surface area contributed by atoms with E-state index in [0.717, 1.165) is 11.3 Å². The summed E-state index contributed by atoms with van der Waals surface area (Å²) >= 11 is 12.0. The third kappa shape index (κ3) is 4.03. The third-order valence-corrected chi connectivity index (χ3v) is 4.48. The van der Waals surface area contributed by atoms with Crippen molar-refractivity contribution in [2.24, 2.45) is 0 Å². The quantitative estimate of drug-likeness (QED) is 0.730. The van der Waals surface area contributed by atoms with Crippen LogP contribution in [0.2, 0.25) is 10.0 Å². The standard InChI is InChI=1S/C17H17Cl2N5O/c1-3-23-7-6-15(21-23)17(25)20-16-8-11(2)24(22-16)10-12-4-5-13(18)14(19)9-12/h4-9H,3,10H2,1-2H3,(H,20,22,25). The average Bonchev–Trinajstić information content (AvgIpc) is 3.18. The van der Waals surface area contributed by atoms with Crippen molar-refractivity contribution in [1.82, 2.24) is 19.6 Å². The lowest BCUT2D eigenvalue weighted by molar-refractivity contribution is 0.102. The van der Waals surface area contributed by atoms with E-state index in [9.17, 15) is 4.79 Å². The van der Waals surface area contributed by atoms with Crippen LogP contribution in [0.5, 0.6) is 0 Å². The van der Waals surface area contributed by atoms with Gasteiger partial charge in [-0.2, -0.15) is 10.2 Å². The van der Waals surface area contributed by atoms with E-state index in [0.29, 0.717) is 34.6 Å². The first-order valence-electron chi connectivity index (χ1n) is 7.79. The van der Waals surface area contributed by atoms with Crippen molar-refractivity contribution in [2.45, 2.75) is 26.9 Å². The van der Waals surface area contributed by atoms with Gasteiger partial charge in [0.1, 0.15) is 0 Å². The first kappa shape index (κ1) is 17.5. The number of rotatable bonds is 5. The maximum absolute atomic E-state index is 12.2. The van der Waals surface area contributed by atoms with Crippen LogP contribution < -0.4 is 5.32 Å². The zero-order valence-corrected chi connectivity index (χ0v) is 15.3. The maximum Gasteiger partial charge on any atom is 0.277 e. The highest BCUT2D eigenvalue weighted by Gasteiger charge is 2.13. The molecule has 0 radical (unpaired) electrons. The molecule has 130 valence electrons. The number of nitrogens with one attached hydrogen (secondary N) is 1. The maximum atomic E-state index is 12.2. The number of benzene rings is 1. The van der Waals surface area contributed by atoms with E-state index >= 15 is 0 Å². The second-order valence-electron chi connectivity index (χ2n) is 5.59. The Balaban J connectivity index is 1.73. The fourth-order valence-electron chi connectivity index (χ4n) is 2.38. The molecule has 3 aromatic rings. The number of hydrogen-bond donors (Lipinski definition) is 1. The first-order chi connectivity index (χ1) is 12.0. The molecule has 1 N–H and O–H groups in total. The van der Waals surface area contributed by atoms with Gasteiger partial charge in [-0.05, 0) is 37.6 Å². The Morgan fingerprint density at radius 1 is 1.16 bits per heavy atom. The van der Waals surface area contributed by atoms with Gasteiger partial charge >= 0.3 is 0 Å². The number of aromatic nitrogens is 4. The Hall–Kier alpha value is -2.31. The molecular weight excluding hydrogens is 361 g/mol. The van der Waals surface area contributed by atoms with E-state index in [-0.39, 0.29) is 5.91 Å². The molecule has 2 aromatic heterocycles. The molecule has 0 atom stereocenters. The molecule has 25 heavy (non-hydrogen) atoms. The van der Waals surface area contributed by atoms with E-state index < -0.39 is 0 Å². The van der Waals surface area contributed by atoms with Crippen LogP contribution in [-0.2, 0) is 13.1 Å².